The van der Waals surface area contributed by atoms with Crippen molar-refractivity contribution in [2.24, 2.45) is 0 Å². The largest absolute Gasteiger partial charge is 0.416 e. The first-order valence-corrected chi connectivity index (χ1v) is 4.29. The summed E-state index contributed by atoms with van der Waals surface area (Å²) < 4.78 is 37.6. The molecule has 0 spiro atoms. The molecule has 1 aromatic carbocycles. The number of hydrogen-bond donors (Lipinski definition) is 0. The Bertz CT molecular complexity index is 392. The maximum atomic E-state index is 12.5. The highest BCUT2D eigenvalue weighted by atomic mass is 19.4. The number of rotatable bonds is 3. The summed E-state index contributed by atoms with van der Waals surface area (Å²) in [5, 5.41) is 8.93. The van der Waals surface area contributed by atoms with Crippen molar-refractivity contribution in [2.75, 3.05) is 0 Å². The fourth-order valence-electron chi connectivity index (χ4n) is 1.30. The highest BCUT2D eigenvalue weighted by molar-refractivity contribution is 5.31. The molecule has 0 heterocycles. The van der Waals surface area contributed by atoms with Gasteiger partial charge in [-0.2, -0.15) is 13.2 Å². The Labute approximate surface area is 88.7 Å². The predicted molar refractivity (Wildman–Crippen MR) is 47.9 cm³/mol. The number of benzene rings is 1. The molecular formula is C9H8F3NO3. The van der Waals surface area contributed by atoms with Crippen LogP contribution in [0.25, 0.3) is 0 Å². The van der Waals surface area contributed by atoms with Crippen LogP contribution in [0.1, 0.15) is 24.2 Å². The average Bonchev–Trinajstić information content (AvgIpc) is 2.15. The maximum absolute atomic E-state index is 12.5. The fourth-order valence-corrected chi connectivity index (χ4v) is 1.30. The summed E-state index contributed by atoms with van der Waals surface area (Å²) in [7, 11) is 0. The summed E-state index contributed by atoms with van der Waals surface area (Å²) >= 11 is 0. The summed E-state index contributed by atoms with van der Waals surface area (Å²) in [6, 6.07) is 4.59. The quantitative estimate of drug-likeness (QED) is 0.597. The summed E-state index contributed by atoms with van der Waals surface area (Å²) in [6.07, 6.45) is -5.81. The fraction of sp³-hybridized carbons (Fsp3) is 0.333. The molecule has 0 aromatic heterocycles. The molecule has 1 atom stereocenters. The number of nitrogens with zero attached hydrogens (tertiary/aromatic N) is 1. The first kappa shape index (κ1) is 12.3. The Balaban J connectivity index is 3.08. The van der Waals surface area contributed by atoms with Crippen molar-refractivity contribution >= 4 is 0 Å². The molecule has 0 saturated carbocycles. The first-order valence-electron chi connectivity index (χ1n) is 4.29. The van der Waals surface area contributed by atoms with Crippen LogP contribution < -0.4 is 0 Å². The van der Waals surface area contributed by atoms with Crippen molar-refractivity contribution in [1.29, 1.82) is 0 Å². The molecule has 0 radical (unpaired) electrons. The van der Waals surface area contributed by atoms with E-state index in [4.69, 9.17) is 0 Å². The first-order chi connectivity index (χ1) is 7.32. The van der Waals surface area contributed by atoms with Gasteiger partial charge in [-0.1, -0.05) is 18.2 Å². The van der Waals surface area contributed by atoms with Crippen LogP contribution in [-0.4, -0.2) is 5.09 Å². The lowest BCUT2D eigenvalue weighted by atomic mass is 10.0. The van der Waals surface area contributed by atoms with Crippen LogP contribution in [0.5, 0.6) is 0 Å². The molecule has 0 N–H and O–H groups in total. The van der Waals surface area contributed by atoms with E-state index >= 15 is 0 Å². The second-order valence-corrected chi connectivity index (χ2v) is 3.06. The van der Waals surface area contributed by atoms with E-state index in [2.05, 4.69) is 4.84 Å². The molecule has 0 aliphatic heterocycles. The van der Waals surface area contributed by atoms with Gasteiger partial charge in [0.15, 0.2) is 0 Å². The number of halogens is 3. The van der Waals surface area contributed by atoms with Gasteiger partial charge >= 0.3 is 6.18 Å². The van der Waals surface area contributed by atoms with Gasteiger partial charge < -0.3 is 4.84 Å². The Hall–Kier alpha value is -1.79. The van der Waals surface area contributed by atoms with Crippen molar-refractivity contribution < 1.29 is 23.1 Å². The molecule has 0 fully saturated rings. The van der Waals surface area contributed by atoms with Crippen LogP contribution in [0, 0.1) is 10.1 Å². The zero-order valence-corrected chi connectivity index (χ0v) is 8.19. The van der Waals surface area contributed by atoms with E-state index in [9.17, 15) is 23.3 Å². The Morgan fingerprint density at radius 3 is 2.44 bits per heavy atom. The van der Waals surface area contributed by atoms with Gasteiger partial charge in [0.1, 0.15) is 6.10 Å². The van der Waals surface area contributed by atoms with E-state index in [-0.39, 0.29) is 5.56 Å². The molecule has 4 nitrogen and oxygen atoms in total. The third-order valence-electron chi connectivity index (χ3n) is 1.95. The molecule has 7 heteroatoms. The molecule has 88 valence electrons. The Morgan fingerprint density at radius 2 is 1.94 bits per heavy atom. The van der Waals surface area contributed by atoms with Crippen LogP contribution in [0.15, 0.2) is 24.3 Å². The summed E-state index contributed by atoms with van der Waals surface area (Å²) in [4.78, 5) is 14.1. The third kappa shape index (κ3) is 2.85. The molecule has 1 rings (SSSR count). The van der Waals surface area contributed by atoms with Crippen molar-refractivity contribution in [2.45, 2.75) is 19.2 Å². The lowest BCUT2D eigenvalue weighted by Crippen LogP contribution is -2.14. The van der Waals surface area contributed by atoms with Crippen molar-refractivity contribution in [3.05, 3.63) is 45.5 Å². The average molecular weight is 235 g/mol. The van der Waals surface area contributed by atoms with Gasteiger partial charge in [-0.15, -0.1) is 10.1 Å². The van der Waals surface area contributed by atoms with E-state index in [1.54, 1.807) is 0 Å². The molecule has 0 bridgehead atoms. The molecule has 16 heavy (non-hydrogen) atoms. The summed E-state index contributed by atoms with van der Waals surface area (Å²) in [5.41, 5.74) is -1.18. The Morgan fingerprint density at radius 1 is 1.38 bits per heavy atom. The minimum absolute atomic E-state index is 0.258. The van der Waals surface area contributed by atoms with Crippen LogP contribution >= 0.6 is 0 Å². The van der Waals surface area contributed by atoms with Gasteiger partial charge in [0.2, 0.25) is 0 Å². The molecule has 0 saturated heterocycles. The van der Waals surface area contributed by atoms with Gasteiger partial charge in [0.05, 0.1) is 5.56 Å². The molecular weight excluding hydrogens is 227 g/mol. The predicted octanol–water partition coefficient (Wildman–Crippen LogP) is 2.97. The van der Waals surface area contributed by atoms with E-state index in [0.717, 1.165) is 12.1 Å². The van der Waals surface area contributed by atoms with E-state index < -0.39 is 22.9 Å². The van der Waals surface area contributed by atoms with Crippen LogP contribution in [0.2, 0.25) is 0 Å². The smallest absolute Gasteiger partial charge is 0.306 e. The van der Waals surface area contributed by atoms with E-state index in [1.165, 1.54) is 19.1 Å². The number of hydrogen-bond acceptors (Lipinski definition) is 3. The third-order valence-corrected chi connectivity index (χ3v) is 1.95. The minimum atomic E-state index is -4.55. The zero-order valence-electron chi connectivity index (χ0n) is 8.19. The highest BCUT2D eigenvalue weighted by Gasteiger charge is 2.34. The molecule has 0 aliphatic rings. The number of alkyl halides is 3. The van der Waals surface area contributed by atoms with Crippen LogP contribution in [0.3, 0.4) is 0 Å². The normalized spacial score (nSPS) is 13.2. The van der Waals surface area contributed by atoms with Crippen LogP contribution in [0.4, 0.5) is 13.2 Å². The van der Waals surface area contributed by atoms with Gasteiger partial charge in [0.25, 0.3) is 5.09 Å². The van der Waals surface area contributed by atoms with E-state index in [1.807, 2.05) is 0 Å². The standard InChI is InChI=1S/C9H8F3NO3/c1-6(16-13(14)15)7-4-2-3-5-8(7)9(10,11)12/h2-6H,1H3. The lowest BCUT2D eigenvalue weighted by Gasteiger charge is -2.16. The molecule has 0 aliphatic carbocycles. The minimum Gasteiger partial charge on any atom is -0.306 e. The van der Waals surface area contributed by atoms with Gasteiger partial charge in [-0.3, -0.25) is 0 Å². The summed E-state index contributed by atoms with van der Waals surface area (Å²) in [6.45, 7) is 1.19. The van der Waals surface area contributed by atoms with Crippen LogP contribution in [-0.2, 0) is 11.0 Å². The Kier molecular flexibility index (Phi) is 3.36. The van der Waals surface area contributed by atoms with Gasteiger partial charge in [0, 0.05) is 0 Å². The second kappa shape index (κ2) is 4.38. The SMILES string of the molecule is CC(O[N+](=O)[O-])c1ccccc1C(F)(F)F. The molecule has 1 unspecified atom stereocenters. The second-order valence-electron chi connectivity index (χ2n) is 3.06. The monoisotopic (exact) mass is 235 g/mol. The topological polar surface area (TPSA) is 52.4 Å². The summed E-state index contributed by atoms with van der Waals surface area (Å²) in [5.74, 6) is 0. The lowest BCUT2D eigenvalue weighted by molar-refractivity contribution is -0.770. The maximum Gasteiger partial charge on any atom is 0.416 e. The zero-order chi connectivity index (χ0) is 12.3. The van der Waals surface area contributed by atoms with Gasteiger partial charge in [-0.25, -0.2) is 0 Å². The van der Waals surface area contributed by atoms with Crippen molar-refractivity contribution in [1.82, 2.24) is 0 Å². The van der Waals surface area contributed by atoms with E-state index in [0.29, 0.717) is 0 Å². The highest BCUT2D eigenvalue weighted by Crippen LogP contribution is 2.35. The van der Waals surface area contributed by atoms with Crippen molar-refractivity contribution in [3.8, 4) is 0 Å². The van der Waals surface area contributed by atoms with Crippen molar-refractivity contribution in [3.63, 3.8) is 0 Å². The molecule has 1 aromatic rings. The van der Waals surface area contributed by atoms with Gasteiger partial charge in [-0.05, 0) is 18.6 Å². The molecule has 0 amide bonds.